The van der Waals surface area contributed by atoms with Crippen molar-refractivity contribution in [3.63, 3.8) is 0 Å². The van der Waals surface area contributed by atoms with E-state index in [1.54, 1.807) is 23.6 Å². The van der Waals surface area contributed by atoms with Gasteiger partial charge in [0.1, 0.15) is 0 Å². The minimum absolute atomic E-state index is 0.0800. The molecule has 0 spiro atoms. The van der Waals surface area contributed by atoms with Gasteiger partial charge in [-0.2, -0.15) is 5.10 Å². The molecule has 116 valence electrons. The normalized spacial score (nSPS) is 16.5. The summed E-state index contributed by atoms with van der Waals surface area (Å²) in [6, 6.07) is 7.14. The number of thiophene rings is 1. The van der Waals surface area contributed by atoms with Gasteiger partial charge in [0.25, 0.3) is 5.56 Å². The number of rotatable bonds is 5. The third-order valence-corrected chi connectivity index (χ3v) is 5.35. The van der Waals surface area contributed by atoms with Gasteiger partial charge in [-0.3, -0.25) is 9.59 Å². The van der Waals surface area contributed by atoms with E-state index in [-0.39, 0.29) is 16.9 Å². The predicted octanol–water partition coefficient (Wildman–Crippen LogP) is 1.93. The standard InChI is InChI=1S/C16H19N3O2S/c20-14-6-3-9-18-19(14)11-10-17-15(21)16(7-1-2-8-16)13-5-4-12-22-13/h3-6,9,12H,1-2,7-8,10-11H2,(H,17,21). The topological polar surface area (TPSA) is 64.0 Å². The zero-order valence-electron chi connectivity index (χ0n) is 12.3. The molecule has 1 aliphatic rings. The van der Waals surface area contributed by atoms with Crippen LogP contribution in [-0.2, 0) is 16.8 Å². The number of carbonyl (C=O) groups is 1. The van der Waals surface area contributed by atoms with Gasteiger partial charge in [0, 0.05) is 23.7 Å². The molecule has 2 aromatic rings. The van der Waals surface area contributed by atoms with Crippen LogP contribution in [0.25, 0.3) is 0 Å². The Kier molecular flexibility index (Phi) is 4.38. The van der Waals surface area contributed by atoms with Crippen LogP contribution in [0.1, 0.15) is 30.6 Å². The number of nitrogens with zero attached hydrogens (tertiary/aromatic N) is 2. The zero-order valence-corrected chi connectivity index (χ0v) is 13.1. The Morgan fingerprint density at radius 3 is 2.82 bits per heavy atom. The van der Waals surface area contributed by atoms with Crippen LogP contribution in [0.5, 0.6) is 0 Å². The lowest BCUT2D eigenvalue weighted by Crippen LogP contribution is -2.43. The molecule has 0 radical (unpaired) electrons. The summed E-state index contributed by atoms with van der Waals surface area (Å²) in [4.78, 5) is 25.5. The third kappa shape index (κ3) is 2.83. The van der Waals surface area contributed by atoms with Gasteiger partial charge in [-0.1, -0.05) is 18.9 Å². The highest BCUT2D eigenvalue weighted by Gasteiger charge is 2.43. The van der Waals surface area contributed by atoms with Gasteiger partial charge in [-0.25, -0.2) is 4.68 Å². The minimum atomic E-state index is -0.372. The summed E-state index contributed by atoms with van der Waals surface area (Å²) in [6.45, 7) is 0.814. The Labute approximate surface area is 133 Å². The Morgan fingerprint density at radius 2 is 2.14 bits per heavy atom. The molecule has 0 aromatic carbocycles. The highest BCUT2D eigenvalue weighted by Crippen LogP contribution is 2.43. The van der Waals surface area contributed by atoms with E-state index in [4.69, 9.17) is 0 Å². The Balaban J connectivity index is 1.66. The molecule has 1 amide bonds. The third-order valence-electron chi connectivity index (χ3n) is 4.28. The van der Waals surface area contributed by atoms with Gasteiger partial charge in [-0.15, -0.1) is 11.3 Å². The molecule has 1 saturated carbocycles. The molecule has 22 heavy (non-hydrogen) atoms. The molecule has 0 aliphatic heterocycles. The molecule has 2 aromatic heterocycles. The quantitative estimate of drug-likeness (QED) is 0.916. The molecule has 2 heterocycles. The molecule has 6 heteroatoms. The Hall–Kier alpha value is -1.95. The first-order chi connectivity index (χ1) is 10.7. The van der Waals surface area contributed by atoms with Gasteiger partial charge in [0.2, 0.25) is 5.91 Å². The summed E-state index contributed by atoms with van der Waals surface area (Å²) in [6.07, 6.45) is 5.56. The monoisotopic (exact) mass is 317 g/mol. The van der Waals surface area contributed by atoms with Crippen LogP contribution in [0, 0.1) is 0 Å². The number of amides is 1. The van der Waals surface area contributed by atoms with Gasteiger partial charge in [0.15, 0.2) is 0 Å². The molecule has 3 rings (SSSR count). The van der Waals surface area contributed by atoms with Gasteiger partial charge in [-0.05, 0) is 30.4 Å². The average molecular weight is 317 g/mol. The number of aromatic nitrogens is 2. The van der Waals surface area contributed by atoms with Crippen molar-refractivity contribution in [1.82, 2.24) is 15.1 Å². The highest BCUT2D eigenvalue weighted by molar-refractivity contribution is 7.10. The summed E-state index contributed by atoms with van der Waals surface area (Å²) in [5.74, 6) is 0.0800. The lowest BCUT2D eigenvalue weighted by molar-refractivity contribution is -0.126. The maximum atomic E-state index is 12.7. The first-order valence-electron chi connectivity index (χ1n) is 7.57. The van der Waals surface area contributed by atoms with Crippen LogP contribution in [0.4, 0.5) is 0 Å². The van der Waals surface area contributed by atoms with Crippen LogP contribution in [0.15, 0.2) is 40.6 Å². The van der Waals surface area contributed by atoms with Crippen molar-refractivity contribution in [3.8, 4) is 0 Å². The van der Waals surface area contributed by atoms with E-state index >= 15 is 0 Å². The van der Waals surface area contributed by atoms with E-state index in [0.29, 0.717) is 13.1 Å². The molecular formula is C16H19N3O2S. The van der Waals surface area contributed by atoms with Crippen molar-refractivity contribution in [1.29, 1.82) is 0 Å². The molecule has 0 bridgehead atoms. The van der Waals surface area contributed by atoms with Crippen molar-refractivity contribution in [3.05, 3.63) is 51.1 Å². The molecular weight excluding hydrogens is 298 g/mol. The van der Waals surface area contributed by atoms with Crippen LogP contribution in [-0.4, -0.2) is 22.2 Å². The summed E-state index contributed by atoms with van der Waals surface area (Å²) in [5, 5.41) is 9.02. The van der Waals surface area contributed by atoms with Crippen molar-refractivity contribution in [2.24, 2.45) is 0 Å². The fourth-order valence-corrected chi connectivity index (χ4v) is 4.10. The molecule has 1 fully saturated rings. The number of carbonyl (C=O) groups excluding carboxylic acids is 1. The van der Waals surface area contributed by atoms with Gasteiger partial charge < -0.3 is 5.32 Å². The van der Waals surface area contributed by atoms with E-state index in [1.165, 1.54) is 10.7 Å². The predicted molar refractivity (Wildman–Crippen MR) is 86.0 cm³/mol. The second-order valence-electron chi connectivity index (χ2n) is 5.61. The zero-order chi connectivity index (χ0) is 15.4. The highest BCUT2D eigenvalue weighted by atomic mass is 32.1. The Morgan fingerprint density at radius 1 is 1.32 bits per heavy atom. The summed E-state index contributed by atoms with van der Waals surface area (Å²) >= 11 is 1.65. The number of hydrogen-bond acceptors (Lipinski definition) is 4. The van der Waals surface area contributed by atoms with Gasteiger partial charge >= 0.3 is 0 Å². The SMILES string of the molecule is O=C(NCCn1ncccc1=O)C1(c2cccs2)CCCC1. The van der Waals surface area contributed by atoms with Crippen molar-refractivity contribution in [2.45, 2.75) is 37.6 Å². The van der Waals surface area contributed by atoms with E-state index in [9.17, 15) is 9.59 Å². The first-order valence-corrected chi connectivity index (χ1v) is 8.45. The van der Waals surface area contributed by atoms with E-state index < -0.39 is 0 Å². The van der Waals surface area contributed by atoms with Crippen LogP contribution in [0.2, 0.25) is 0 Å². The fourth-order valence-electron chi connectivity index (χ4n) is 3.11. The lowest BCUT2D eigenvalue weighted by Gasteiger charge is -2.26. The van der Waals surface area contributed by atoms with Crippen LogP contribution >= 0.6 is 11.3 Å². The van der Waals surface area contributed by atoms with Gasteiger partial charge in [0.05, 0.1) is 12.0 Å². The molecule has 0 unspecified atom stereocenters. The largest absolute Gasteiger partial charge is 0.353 e. The minimum Gasteiger partial charge on any atom is -0.353 e. The van der Waals surface area contributed by atoms with Crippen molar-refractivity contribution >= 4 is 17.2 Å². The van der Waals surface area contributed by atoms with Crippen LogP contribution in [0.3, 0.4) is 0 Å². The van der Waals surface area contributed by atoms with Crippen LogP contribution < -0.4 is 10.9 Å². The molecule has 0 atom stereocenters. The lowest BCUT2D eigenvalue weighted by atomic mass is 9.83. The summed E-state index contributed by atoms with van der Waals surface area (Å²) < 4.78 is 1.37. The molecule has 5 nitrogen and oxygen atoms in total. The molecule has 0 saturated heterocycles. The number of nitrogens with one attached hydrogen (secondary N) is 1. The molecule has 1 N–H and O–H groups in total. The fraction of sp³-hybridized carbons (Fsp3) is 0.438. The van der Waals surface area contributed by atoms with E-state index in [1.807, 2.05) is 11.4 Å². The smallest absolute Gasteiger partial charge is 0.266 e. The van der Waals surface area contributed by atoms with E-state index in [0.717, 1.165) is 30.6 Å². The number of hydrogen-bond donors (Lipinski definition) is 1. The van der Waals surface area contributed by atoms with Crippen molar-refractivity contribution in [2.75, 3.05) is 6.54 Å². The van der Waals surface area contributed by atoms with E-state index in [2.05, 4.69) is 16.5 Å². The summed E-state index contributed by atoms with van der Waals surface area (Å²) in [7, 11) is 0. The maximum Gasteiger partial charge on any atom is 0.266 e. The summed E-state index contributed by atoms with van der Waals surface area (Å²) in [5.41, 5.74) is -0.519. The molecule has 1 aliphatic carbocycles. The average Bonchev–Trinajstić information content (AvgIpc) is 3.21. The maximum absolute atomic E-state index is 12.7. The second-order valence-corrected chi connectivity index (χ2v) is 6.56. The first kappa shape index (κ1) is 15.0. The van der Waals surface area contributed by atoms with Crippen molar-refractivity contribution < 1.29 is 4.79 Å². The second kappa shape index (κ2) is 6.44. The Bertz CT molecular complexity index is 687.